The molecule has 1 atom stereocenters. The third-order valence-corrected chi connectivity index (χ3v) is 4.17. The molecule has 2 aromatic rings. The molecule has 0 bridgehead atoms. The smallest absolute Gasteiger partial charge is 0.191 e. The van der Waals surface area contributed by atoms with Gasteiger partial charge in [0.1, 0.15) is 0 Å². The van der Waals surface area contributed by atoms with Crippen LogP contribution in [-0.2, 0) is 13.6 Å². The first-order valence-electron chi connectivity index (χ1n) is 8.57. The van der Waals surface area contributed by atoms with Crippen molar-refractivity contribution in [3.05, 3.63) is 48.3 Å². The molecule has 3 rings (SSSR count). The Bertz CT molecular complexity index is 663. The number of guanidine groups is 1. The number of aromatic nitrogens is 2. The van der Waals surface area contributed by atoms with Crippen LogP contribution in [0.3, 0.4) is 0 Å². The molecule has 6 nitrogen and oxygen atoms in total. The van der Waals surface area contributed by atoms with E-state index < -0.39 is 0 Å². The van der Waals surface area contributed by atoms with Gasteiger partial charge in [-0.2, -0.15) is 5.10 Å². The molecule has 2 N–H and O–H groups in total. The van der Waals surface area contributed by atoms with Crippen molar-refractivity contribution >= 4 is 11.6 Å². The molecule has 1 aromatic carbocycles. The number of nitrogens with one attached hydrogen (secondary N) is 2. The summed E-state index contributed by atoms with van der Waals surface area (Å²) in [7, 11) is 1.92. The summed E-state index contributed by atoms with van der Waals surface area (Å²) in [6, 6.07) is 11.0. The average Bonchev–Trinajstić information content (AvgIpc) is 3.23. The molecule has 1 unspecified atom stereocenters. The highest BCUT2D eigenvalue weighted by Crippen LogP contribution is 2.19. The molecular formula is C18H26N6. The summed E-state index contributed by atoms with van der Waals surface area (Å²) in [5.74, 6) is 0.876. The maximum atomic E-state index is 4.68. The van der Waals surface area contributed by atoms with Gasteiger partial charge < -0.3 is 15.5 Å². The molecule has 6 heteroatoms. The lowest BCUT2D eigenvalue weighted by Crippen LogP contribution is -2.44. The lowest BCUT2D eigenvalue weighted by atomic mass is 10.2. The van der Waals surface area contributed by atoms with Crippen molar-refractivity contribution in [3.8, 4) is 0 Å². The third kappa shape index (κ3) is 4.28. The second kappa shape index (κ2) is 7.86. The molecule has 0 aliphatic carbocycles. The molecular weight excluding hydrogens is 300 g/mol. The van der Waals surface area contributed by atoms with Crippen LogP contribution in [0.25, 0.3) is 0 Å². The molecule has 1 aromatic heterocycles. The summed E-state index contributed by atoms with van der Waals surface area (Å²) in [4.78, 5) is 7.10. The van der Waals surface area contributed by atoms with Gasteiger partial charge in [0.25, 0.3) is 0 Å². The van der Waals surface area contributed by atoms with Crippen LogP contribution < -0.4 is 15.5 Å². The monoisotopic (exact) mass is 326 g/mol. The molecule has 0 saturated carbocycles. The van der Waals surface area contributed by atoms with Crippen LogP contribution in [0.5, 0.6) is 0 Å². The first-order chi connectivity index (χ1) is 11.7. The number of aliphatic imine (C=N–C) groups is 1. The van der Waals surface area contributed by atoms with Crippen molar-refractivity contribution in [2.45, 2.75) is 25.9 Å². The Labute approximate surface area is 143 Å². The number of anilines is 1. The van der Waals surface area contributed by atoms with Crippen molar-refractivity contribution in [2.24, 2.45) is 12.0 Å². The van der Waals surface area contributed by atoms with E-state index in [1.54, 1.807) is 4.68 Å². The summed E-state index contributed by atoms with van der Waals surface area (Å²) in [6.45, 7) is 5.66. The molecule has 24 heavy (non-hydrogen) atoms. The minimum absolute atomic E-state index is 0.414. The fourth-order valence-corrected chi connectivity index (χ4v) is 2.99. The number of hydrogen-bond donors (Lipinski definition) is 2. The third-order valence-electron chi connectivity index (χ3n) is 4.17. The minimum atomic E-state index is 0.414. The largest absolute Gasteiger partial charge is 0.369 e. The second-order valence-electron chi connectivity index (χ2n) is 6.13. The van der Waals surface area contributed by atoms with Crippen molar-refractivity contribution in [1.82, 2.24) is 20.4 Å². The maximum Gasteiger partial charge on any atom is 0.191 e. The first-order valence-corrected chi connectivity index (χ1v) is 8.57. The van der Waals surface area contributed by atoms with E-state index >= 15 is 0 Å². The molecule has 2 heterocycles. The Hall–Kier alpha value is -2.50. The molecule has 1 aliphatic rings. The number of hydrogen-bond acceptors (Lipinski definition) is 3. The summed E-state index contributed by atoms with van der Waals surface area (Å²) >= 11 is 0. The van der Waals surface area contributed by atoms with Crippen LogP contribution in [0, 0.1) is 0 Å². The number of rotatable bonds is 5. The molecule has 0 amide bonds. The Balaban J connectivity index is 1.57. The van der Waals surface area contributed by atoms with Gasteiger partial charge in [0.15, 0.2) is 5.96 Å². The first kappa shape index (κ1) is 16.4. The molecule has 1 aliphatic heterocycles. The fraction of sp³-hybridized carbons (Fsp3) is 0.444. The highest BCUT2D eigenvalue weighted by atomic mass is 15.3. The SMILES string of the molecule is CCNC(=NCc1cnn(C)c1)NC1CCN(c2ccccc2)C1. The van der Waals surface area contributed by atoms with Crippen LogP contribution in [0.15, 0.2) is 47.7 Å². The van der Waals surface area contributed by atoms with Crippen molar-refractivity contribution in [1.29, 1.82) is 0 Å². The average molecular weight is 326 g/mol. The van der Waals surface area contributed by atoms with Gasteiger partial charge in [-0.05, 0) is 25.5 Å². The van der Waals surface area contributed by atoms with Gasteiger partial charge in [0, 0.05) is 50.2 Å². The van der Waals surface area contributed by atoms with Crippen LogP contribution in [0.4, 0.5) is 5.69 Å². The van der Waals surface area contributed by atoms with E-state index in [1.165, 1.54) is 5.69 Å². The van der Waals surface area contributed by atoms with Gasteiger partial charge >= 0.3 is 0 Å². The van der Waals surface area contributed by atoms with Crippen molar-refractivity contribution < 1.29 is 0 Å². The van der Waals surface area contributed by atoms with E-state index in [2.05, 4.69) is 62.9 Å². The summed E-state index contributed by atoms with van der Waals surface area (Å²) in [6.07, 6.45) is 4.98. The van der Waals surface area contributed by atoms with E-state index in [0.717, 1.165) is 37.6 Å². The highest BCUT2D eigenvalue weighted by Gasteiger charge is 2.23. The van der Waals surface area contributed by atoms with Crippen molar-refractivity contribution in [2.75, 3.05) is 24.5 Å². The number of nitrogens with zero attached hydrogens (tertiary/aromatic N) is 4. The highest BCUT2D eigenvalue weighted by molar-refractivity contribution is 5.80. The Morgan fingerprint density at radius 3 is 2.88 bits per heavy atom. The van der Waals surface area contributed by atoms with Gasteiger partial charge in [0.05, 0.1) is 12.7 Å². The van der Waals surface area contributed by atoms with Crippen LogP contribution in [-0.4, -0.2) is 41.4 Å². The lowest BCUT2D eigenvalue weighted by molar-refractivity contribution is 0.649. The fourth-order valence-electron chi connectivity index (χ4n) is 2.99. The Kier molecular flexibility index (Phi) is 5.36. The number of benzene rings is 1. The number of aryl methyl sites for hydroxylation is 1. The second-order valence-corrected chi connectivity index (χ2v) is 6.13. The molecule has 1 fully saturated rings. The van der Waals surface area contributed by atoms with Crippen molar-refractivity contribution in [3.63, 3.8) is 0 Å². The van der Waals surface area contributed by atoms with E-state index in [4.69, 9.17) is 0 Å². The molecule has 0 spiro atoms. The van der Waals surface area contributed by atoms with Gasteiger partial charge in [-0.1, -0.05) is 18.2 Å². The predicted molar refractivity (Wildman–Crippen MR) is 98.2 cm³/mol. The summed E-state index contributed by atoms with van der Waals surface area (Å²) < 4.78 is 1.81. The number of para-hydroxylation sites is 1. The zero-order chi connectivity index (χ0) is 16.8. The minimum Gasteiger partial charge on any atom is -0.369 e. The molecule has 128 valence electrons. The quantitative estimate of drug-likeness (QED) is 0.649. The van der Waals surface area contributed by atoms with Gasteiger partial charge in [-0.15, -0.1) is 0 Å². The van der Waals surface area contributed by atoms with Gasteiger partial charge in [-0.3, -0.25) is 4.68 Å². The molecule has 0 radical (unpaired) electrons. The van der Waals surface area contributed by atoms with Crippen LogP contribution >= 0.6 is 0 Å². The van der Waals surface area contributed by atoms with Gasteiger partial charge in [-0.25, -0.2) is 4.99 Å². The predicted octanol–water partition coefficient (Wildman–Crippen LogP) is 1.75. The zero-order valence-electron chi connectivity index (χ0n) is 14.4. The maximum absolute atomic E-state index is 4.68. The van der Waals surface area contributed by atoms with Crippen LogP contribution in [0.2, 0.25) is 0 Å². The Morgan fingerprint density at radius 2 is 2.17 bits per heavy atom. The summed E-state index contributed by atoms with van der Waals surface area (Å²) in [5, 5.41) is 11.1. The van der Waals surface area contributed by atoms with E-state index in [1.807, 2.05) is 19.4 Å². The van der Waals surface area contributed by atoms with E-state index in [0.29, 0.717) is 12.6 Å². The molecule has 1 saturated heterocycles. The van der Waals surface area contributed by atoms with Crippen LogP contribution in [0.1, 0.15) is 18.9 Å². The summed E-state index contributed by atoms with van der Waals surface area (Å²) in [5.41, 5.74) is 2.41. The lowest BCUT2D eigenvalue weighted by Gasteiger charge is -2.20. The Morgan fingerprint density at radius 1 is 1.33 bits per heavy atom. The standard InChI is InChI=1S/C18H26N6/c1-3-19-18(20-11-15-12-21-23(2)13-15)22-16-9-10-24(14-16)17-7-5-4-6-8-17/h4-8,12-13,16H,3,9-11,14H2,1-2H3,(H2,19,20,22). The topological polar surface area (TPSA) is 57.5 Å². The van der Waals surface area contributed by atoms with E-state index in [9.17, 15) is 0 Å². The zero-order valence-corrected chi connectivity index (χ0v) is 14.4. The van der Waals surface area contributed by atoms with E-state index in [-0.39, 0.29) is 0 Å². The van der Waals surface area contributed by atoms with Gasteiger partial charge in [0.2, 0.25) is 0 Å². The normalized spacial score (nSPS) is 18.0.